The molecule has 0 fully saturated rings. The Bertz CT molecular complexity index is 1170. The smallest absolute Gasteiger partial charge is 0.408 e. The number of terminal acetylenes is 1. The minimum atomic E-state index is -0.946. The number of alkyl carbamates (subject to hydrolysis) is 1. The number of aryl methyl sites for hydroxylation is 2. The van der Waals surface area contributed by atoms with Crippen LogP contribution in [0, 0.1) is 32.1 Å². The highest BCUT2D eigenvalue weighted by atomic mass is 16.6. The lowest BCUT2D eigenvalue weighted by atomic mass is 9.98. The lowest BCUT2D eigenvalue weighted by Crippen LogP contribution is -2.53. The van der Waals surface area contributed by atoms with Crippen molar-refractivity contribution in [2.75, 3.05) is 11.9 Å². The van der Waals surface area contributed by atoms with Gasteiger partial charge in [-0.05, 0) is 82.2 Å². The molecule has 2 unspecified atom stereocenters. The number of anilines is 1. The molecule has 2 atom stereocenters. The highest BCUT2D eigenvalue weighted by Gasteiger charge is 2.36. The monoisotopic (exact) mass is 533 g/mol. The third kappa shape index (κ3) is 9.17. The van der Waals surface area contributed by atoms with E-state index in [1.54, 1.807) is 49.9 Å². The Morgan fingerprint density at radius 2 is 1.62 bits per heavy atom. The zero-order valence-electron chi connectivity index (χ0n) is 24.6. The molecule has 0 bridgehead atoms. The number of rotatable bonds is 10. The topological polar surface area (TPSA) is 87.7 Å². The Morgan fingerprint density at radius 1 is 1.03 bits per heavy atom. The van der Waals surface area contributed by atoms with Crippen molar-refractivity contribution in [1.82, 2.24) is 10.2 Å². The van der Waals surface area contributed by atoms with Crippen LogP contribution in [0.4, 0.5) is 10.5 Å². The fourth-order valence-corrected chi connectivity index (χ4v) is 4.39. The number of hydrogen-bond acceptors (Lipinski definition) is 4. The van der Waals surface area contributed by atoms with Gasteiger partial charge < -0.3 is 20.3 Å². The van der Waals surface area contributed by atoms with Crippen LogP contribution in [-0.2, 0) is 14.3 Å². The molecule has 0 aliphatic rings. The minimum absolute atomic E-state index is 0.106. The standard InChI is InChI=1S/C32H43N3O4/c1-10-19-35(30(37)26(20-21(3)4)33-31(38)39-32(7,8)9)28(25-17-15-24(11-2)16-18-25)29(36)34-27-22(5)13-12-14-23(27)6/h2,12-18,21,26,28H,10,19-20H2,1,3-9H3,(H,33,38)(H,34,36). The summed E-state index contributed by atoms with van der Waals surface area (Å²) in [5.74, 6) is 2.01. The molecule has 210 valence electrons. The lowest BCUT2D eigenvalue weighted by molar-refractivity contribution is -0.141. The second-order valence-electron chi connectivity index (χ2n) is 11.3. The maximum Gasteiger partial charge on any atom is 0.408 e. The van der Waals surface area contributed by atoms with Gasteiger partial charge in [-0.15, -0.1) is 6.42 Å². The van der Waals surface area contributed by atoms with Crippen molar-refractivity contribution in [3.8, 4) is 12.3 Å². The summed E-state index contributed by atoms with van der Waals surface area (Å²) < 4.78 is 5.44. The molecule has 0 aliphatic carbocycles. The number of carbonyl (C=O) groups excluding carboxylic acids is 3. The highest BCUT2D eigenvalue weighted by molar-refractivity contribution is 5.99. The number of para-hydroxylation sites is 1. The van der Waals surface area contributed by atoms with Crippen LogP contribution in [0.2, 0.25) is 0 Å². The molecule has 0 saturated carbocycles. The van der Waals surface area contributed by atoms with Gasteiger partial charge in [0.05, 0.1) is 0 Å². The summed E-state index contributed by atoms with van der Waals surface area (Å²) in [6.45, 7) is 15.4. The van der Waals surface area contributed by atoms with Gasteiger partial charge in [0.2, 0.25) is 5.91 Å². The quantitative estimate of drug-likeness (QED) is 0.359. The summed E-state index contributed by atoms with van der Waals surface area (Å²) in [4.78, 5) is 42.4. The Balaban J connectivity index is 2.56. The van der Waals surface area contributed by atoms with E-state index in [1.807, 2.05) is 52.8 Å². The average Bonchev–Trinajstić information content (AvgIpc) is 2.84. The Morgan fingerprint density at radius 3 is 2.10 bits per heavy atom. The van der Waals surface area contributed by atoms with Crippen LogP contribution in [0.15, 0.2) is 42.5 Å². The summed E-state index contributed by atoms with van der Waals surface area (Å²) in [6, 6.07) is 11.0. The van der Waals surface area contributed by atoms with Crippen molar-refractivity contribution in [3.05, 3.63) is 64.7 Å². The van der Waals surface area contributed by atoms with Gasteiger partial charge in [-0.3, -0.25) is 9.59 Å². The molecule has 39 heavy (non-hydrogen) atoms. The van der Waals surface area contributed by atoms with E-state index in [1.165, 1.54) is 0 Å². The molecule has 0 radical (unpaired) electrons. The van der Waals surface area contributed by atoms with Gasteiger partial charge >= 0.3 is 6.09 Å². The van der Waals surface area contributed by atoms with Crippen LogP contribution in [0.3, 0.4) is 0 Å². The van der Waals surface area contributed by atoms with Crippen LogP contribution >= 0.6 is 0 Å². The zero-order chi connectivity index (χ0) is 29.3. The molecule has 2 rings (SSSR count). The van der Waals surface area contributed by atoms with Gasteiger partial charge in [-0.2, -0.15) is 0 Å². The number of amides is 3. The molecule has 3 amide bonds. The number of benzene rings is 2. The van der Waals surface area contributed by atoms with Crippen molar-refractivity contribution in [2.24, 2.45) is 5.92 Å². The maximum absolute atomic E-state index is 14.1. The predicted molar refractivity (Wildman–Crippen MR) is 156 cm³/mol. The van der Waals surface area contributed by atoms with Crippen molar-refractivity contribution in [1.29, 1.82) is 0 Å². The van der Waals surface area contributed by atoms with Crippen LogP contribution in [0.1, 0.15) is 82.7 Å². The summed E-state index contributed by atoms with van der Waals surface area (Å²) in [5.41, 5.74) is 3.13. The highest BCUT2D eigenvalue weighted by Crippen LogP contribution is 2.28. The van der Waals surface area contributed by atoms with Crippen LogP contribution in [0.25, 0.3) is 0 Å². The van der Waals surface area contributed by atoms with E-state index in [0.29, 0.717) is 36.2 Å². The van der Waals surface area contributed by atoms with Crippen molar-refractivity contribution < 1.29 is 19.1 Å². The van der Waals surface area contributed by atoms with E-state index >= 15 is 0 Å². The first-order valence-electron chi connectivity index (χ1n) is 13.5. The Labute approximate surface area is 233 Å². The van der Waals surface area contributed by atoms with Crippen LogP contribution < -0.4 is 10.6 Å². The van der Waals surface area contributed by atoms with Crippen molar-refractivity contribution in [3.63, 3.8) is 0 Å². The first-order valence-corrected chi connectivity index (χ1v) is 13.5. The van der Waals surface area contributed by atoms with Gasteiger partial charge in [0.15, 0.2) is 0 Å². The second kappa shape index (κ2) is 13.8. The third-order valence-electron chi connectivity index (χ3n) is 6.13. The first-order chi connectivity index (χ1) is 18.3. The van der Waals surface area contributed by atoms with E-state index in [-0.39, 0.29) is 17.7 Å². The number of carbonyl (C=O) groups is 3. The van der Waals surface area contributed by atoms with Gasteiger partial charge in [0.25, 0.3) is 5.91 Å². The molecule has 7 heteroatoms. The van der Waals surface area contributed by atoms with E-state index < -0.39 is 23.8 Å². The lowest BCUT2D eigenvalue weighted by Gasteiger charge is -2.35. The summed E-state index contributed by atoms with van der Waals surface area (Å²) in [6.07, 6.45) is 5.89. The van der Waals surface area contributed by atoms with Crippen molar-refractivity contribution >= 4 is 23.6 Å². The van der Waals surface area contributed by atoms with E-state index in [9.17, 15) is 14.4 Å². The molecule has 2 N–H and O–H groups in total. The number of ether oxygens (including phenoxy) is 1. The summed E-state index contributed by atoms with van der Waals surface area (Å²) >= 11 is 0. The molecule has 0 heterocycles. The first kappa shape index (κ1) is 31.4. The van der Waals surface area contributed by atoms with Crippen LogP contribution in [0.5, 0.6) is 0 Å². The van der Waals surface area contributed by atoms with Crippen molar-refractivity contribution in [2.45, 2.75) is 85.9 Å². The second-order valence-corrected chi connectivity index (χ2v) is 11.3. The molecule has 0 saturated heterocycles. The van der Waals surface area contributed by atoms with Gasteiger partial charge in [0.1, 0.15) is 17.7 Å². The summed E-state index contributed by atoms with van der Waals surface area (Å²) in [7, 11) is 0. The number of nitrogens with zero attached hydrogens (tertiary/aromatic N) is 1. The largest absolute Gasteiger partial charge is 0.444 e. The fourth-order valence-electron chi connectivity index (χ4n) is 4.39. The van der Waals surface area contributed by atoms with E-state index in [2.05, 4.69) is 16.6 Å². The normalized spacial score (nSPS) is 12.7. The summed E-state index contributed by atoms with van der Waals surface area (Å²) in [5, 5.41) is 5.83. The molecular formula is C32H43N3O4. The average molecular weight is 534 g/mol. The zero-order valence-corrected chi connectivity index (χ0v) is 24.6. The minimum Gasteiger partial charge on any atom is -0.444 e. The molecule has 2 aromatic rings. The molecule has 0 aromatic heterocycles. The number of hydrogen-bond donors (Lipinski definition) is 2. The fraction of sp³-hybridized carbons (Fsp3) is 0.469. The number of nitrogens with one attached hydrogen (secondary N) is 2. The molecule has 7 nitrogen and oxygen atoms in total. The molecule has 2 aromatic carbocycles. The predicted octanol–water partition coefficient (Wildman–Crippen LogP) is 6.14. The molecule has 0 spiro atoms. The van der Waals surface area contributed by atoms with Gasteiger partial charge in [0, 0.05) is 17.8 Å². The maximum atomic E-state index is 14.1. The van der Waals surface area contributed by atoms with E-state index in [4.69, 9.17) is 11.2 Å². The SMILES string of the molecule is C#Cc1ccc(C(C(=O)Nc2c(C)cccc2C)N(CCC)C(=O)C(CC(C)C)NC(=O)OC(C)(C)C)cc1. The molecule has 0 aliphatic heterocycles. The van der Waals surface area contributed by atoms with Gasteiger partial charge in [-0.25, -0.2) is 4.79 Å². The van der Waals surface area contributed by atoms with Crippen LogP contribution in [-0.4, -0.2) is 41.0 Å². The Hall–Kier alpha value is -3.79. The van der Waals surface area contributed by atoms with Gasteiger partial charge in [-0.1, -0.05) is 57.0 Å². The van der Waals surface area contributed by atoms with E-state index in [0.717, 1.165) is 11.1 Å². The molecular weight excluding hydrogens is 490 g/mol. The Kier molecular flexibility index (Phi) is 11.2. The third-order valence-corrected chi connectivity index (χ3v) is 6.13.